The maximum Gasteiger partial charge on any atom is 0.408 e. The maximum absolute atomic E-state index is 14.0. The largest absolute Gasteiger partial charge is 0.445 e. The second kappa shape index (κ2) is 27.7. The molecular formula is C47H74N6O9. The van der Waals surface area contributed by atoms with Crippen LogP contribution in [-0.2, 0) is 41.9 Å². The molecule has 346 valence electrons. The number of carbonyl (C=O) groups is 6. The zero-order valence-electron chi connectivity index (χ0n) is 38.5. The zero-order valence-corrected chi connectivity index (χ0v) is 38.5. The first-order valence-corrected chi connectivity index (χ1v) is 22.2. The van der Waals surface area contributed by atoms with Crippen molar-refractivity contribution in [3.8, 4) is 0 Å². The molecule has 6 atom stereocenters. The number of aliphatic hydroxyl groups is 1. The number of rotatable bonds is 26. The Bertz CT molecular complexity index is 1550. The fourth-order valence-corrected chi connectivity index (χ4v) is 6.74. The predicted molar refractivity (Wildman–Crippen MR) is 239 cm³/mol. The quantitative estimate of drug-likeness (QED) is 0.0601. The summed E-state index contributed by atoms with van der Waals surface area (Å²) in [6.07, 6.45) is 0.837. The van der Waals surface area contributed by atoms with Crippen LogP contribution in [0.5, 0.6) is 0 Å². The van der Waals surface area contributed by atoms with Gasteiger partial charge in [0.25, 0.3) is 0 Å². The van der Waals surface area contributed by atoms with E-state index in [9.17, 15) is 33.9 Å². The molecule has 0 saturated carbocycles. The van der Waals surface area contributed by atoms with E-state index in [1.165, 1.54) is 0 Å². The van der Waals surface area contributed by atoms with Crippen molar-refractivity contribution in [2.24, 2.45) is 23.7 Å². The van der Waals surface area contributed by atoms with Crippen LogP contribution >= 0.6 is 0 Å². The average molecular weight is 867 g/mol. The molecular weight excluding hydrogens is 793 g/mol. The van der Waals surface area contributed by atoms with Gasteiger partial charge in [-0.05, 0) is 47.6 Å². The van der Waals surface area contributed by atoms with Crippen molar-refractivity contribution < 1.29 is 43.3 Å². The molecule has 0 bridgehead atoms. The number of benzene rings is 2. The van der Waals surface area contributed by atoms with Crippen LogP contribution in [0, 0.1) is 23.7 Å². The molecule has 2 rings (SSSR count). The highest BCUT2D eigenvalue weighted by Crippen LogP contribution is 2.17. The lowest BCUT2D eigenvalue weighted by atomic mass is 9.92. The molecule has 2 unspecified atom stereocenters. The van der Waals surface area contributed by atoms with Crippen molar-refractivity contribution in [3.05, 3.63) is 71.8 Å². The summed E-state index contributed by atoms with van der Waals surface area (Å²) in [4.78, 5) is 80.8. The molecule has 0 spiro atoms. The standard InChI is InChI=1S/C47H74N6O9/c1-11-13-25-35(48-42(55)37(29(3)4)50-44(57)39(31(7)8)52-46(59)61-27-33-21-17-15-18-22-33)41(54)36(26-14-12-2)49-43(56)38(30(5)6)51-45(58)40(32(9)10)53-47(60)62-28-34-23-19-16-20-24-34/h15-24,29-32,35-41,54H,11-14,25-28H2,1-10H3,(H,48,55)(H,49,56)(H,50,57)(H,51,58)(H,52,59)(H,53,60)/t35?,36?,37-,38-,39-,40-,41?/m0/s1. The normalized spacial score (nSPS) is 14.8. The lowest BCUT2D eigenvalue weighted by Gasteiger charge is -2.35. The minimum Gasteiger partial charge on any atom is -0.445 e. The van der Waals surface area contributed by atoms with Crippen molar-refractivity contribution in [2.75, 3.05) is 0 Å². The van der Waals surface area contributed by atoms with Crippen molar-refractivity contribution in [3.63, 3.8) is 0 Å². The minimum absolute atomic E-state index is 0.0219. The van der Waals surface area contributed by atoms with Crippen molar-refractivity contribution in [1.29, 1.82) is 0 Å². The second-order valence-electron chi connectivity index (χ2n) is 17.3. The van der Waals surface area contributed by atoms with E-state index in [-0.39, 0.29) is 36.9 Å². The molecule has 0 saturated heterocycles. The lowest BCUT2D eigenvalue weighted by molar-refractivity contribution is -0.133. The number of hydrogen-bond donors (Lipinski definition) is 7. The van der Waals surface area contributed by atoms with E-state index in [1.807, 2.05) is 74.5 Å². The Labute approximate surface area is 369 Å². The molecule has 7 N–H and O–H groups in total. The molecule has 0 heterocycles. The van der Waals surface area contributed by atoms with Crippen LogP contribution in [0.1, 0.15) is 119 Å². The van der Waals surface area contributed by atoms with Gasteiger partial charge in [-0.3, -0.25) is 19.2 Å². The van der Waals surface area contributed by atoms with Gasteiger partial charge in [-0.25, -0.2) is 9.59 Å². The molecule has 15 nitrogen and oxygen atoms in total. The van der Waals surface area contributed by atoms with Gasteiger partial charge in [-0.15, -0.1) is 0 Å². The summed E-state index contributed by atoms with van der Waals surface area (Å²) in [6.45, 7) is 18.2. The third-order valence-electron chi connectivity index (χ3n) is 10.6. The van der Waals surface area contributed by atoms with Crippen LogP contribution in [-0.4, -0.2) is 83.3 Å². The van der Waals surface area contributed by atoms with Crippen LogP contribution in [0.15, 0.2) is 60.7 Å². The number of nitrogens with one attached hydrogen (secondary N) is 6. The summed E-state index contributed by atoms with van der Waals surface area (Å²) in [7, 11) is 0. The van der Waals surface area contributed by atoms with Gasteiger partial charge < -0.3 is 46.5 Å². The smallest absolute Gasteiger partial charge is 0.408 e. The lowest BCUT2D eigenvalue weighted by Crippen LogP contribution is -2.62. The molecule has 0 aliphatic rings. The number of ether oxygens (including phenoxy) is 2. The average Bonchev–Trinajstić information content (AvgIpc) is 3.23. The topological polar surface area (TPSA) is 213 Å². The zero-order chi connectivity index (χ0) is 46.4. The van der Waals surface area contributed by atoms with Gasteiger partial charge in [0.1, 0.15) is 37.4 Å². The number of hydrogen-bond acceptors (Lipinski definition) is 9. The summed E-state index contributed by atoms with van der Waals surface area (Å²) >= 11 is 0. The highest BCUT2D eigenvalue weighted by molar-refractivity contribution is 5.92. The summed E-state index contributed by atoms with van der Waals surface area (Å²) in [5.41, 5.74) is 1.58. The molecule has 2 aromatic rings. The van der Waals surface area contributed by atoms with Crippen LogP contribution in [0.25, 0.3) is 0 Å². The number of unbranched alkanes of at least 4 members (excludes halogenated alkanes) is 2. The predicted octanol–water partition coefficient (Wildman–Crippen LogP) is 5.88. The Morgan fingerprint density at radius 1 is 0.468 bits per heavy atom. The first-order valence-electron chi connectivity index (χ1n) is 22.2. The van der Waals surface area contributed by atoms with Crippen molar-refractivity contribution >= 4 is 35.8 Å². The first-order chi connectivity index (χ1) is 29.4. The molecule has 62 heavy (non-hydrogen) atoms. The van der Waals surface area contributed by atoms with E-state index in [0.717, 1.165) is 24.0 Å². The number of carbonyl (C=O) groups excluding carboxylic acids is 6. The monoisotopic (exact) mass is 867 g/mol. The fourth-order valence-electron chi connectivity index (χ4n) is 6.74. The van der Waals surface area contributed by atoms with Gasteiger partial charge in [0, 0.05) is 0 Å². The van der Waals surface area contributed by atoms with Gasteiger partial charge in [0.15, 0.2) is 0 Å². The number of amides is 6. The molecule has 0 fully saturated rings. The SMILES string of the molecule is CCCCC(NC(=O)[C@@H](NC(=O)[C@@H](NC(=O)OCc1ccccc1)C(C)C)C(C)C)C(O)C(CCCC)NC(=O)[C@@H](NC(=O)[C@@H](NC(=O)OCc1ccccc1)C(C)C)C(C)C. The highest BCUT2D eigenvalue weighted by atomic mass is 16.6. The van der Waals surface area contributed by atoms with E-state index in [2.05, 4.69) is 31.9 Å². The van der Waals surface area contributed by atoms with Crippen LogP contribution < -0.4 is 31.9 Å². The molecule has 0 radical (unpaired) electrons. The third kappa shape index (κ3) is 18.4. The molecule has 0 aliphatic carbocycles. The Morgan fingerprint density at radius 2 is 0.758 bits per heavy atom. The Kier molecular flexibility index (Phi) is 23.7. The van der Waals surface area contributed by atoms with Crippen LogP contribution in [0.2, 0.25) is 0 Å². The maximum atomic E-state index is 14.0. The molecule has 2 aromatic carbocycles. The van der Waals surface area contributed by atoms with Gasteiger partial charge >= 0.3 is 12.2 Å². The van der Waals surface area contributed by atoms with Crippen LogP contribution in [0.3, 0.4) is 0 Å². The number of aliphatic hydroxyl groups excluding tert-OH is 1. The molecule has 0 aliphatic heterocycles. The minimum atomic E-state index is -1.23. The van der Waals surface area contributed by atoms with Gasteiger partial charge in [-0.1, -0.05) is 156 Å². The first kappa shape index (κ1) is 53.0. The molecule has 15 heteroatoms. The van der Waals surface area contributed by atoms with Crippen molar-refractivity contribution in [2.45, 2.75) is 163 Å². The molecule has 6 amide bonds. The fraction of sp³-hybridized carbons (Fsp3) is 0.617. The summed E-state index contributed by atoms with van der Waals surface area (Å²) < 4.78 is 10.7. The van der Waals surface area contributed by atoms with Gasteiger partial charge in [0.05, 0.1) is 18.2 Å². The van der Waals surface area contributed by atoms with Crippen molar-refractivity contribution in [1.82, 2.24) is 31.9 Å². The van der Waals surface area contributed by atoms with Gasteiger partial charge in [0.2, 0.25) is 23.6 Å². The van der Waals surface area contributed by atoms with Gasteiger partial charge in [-0.2, -0.15) is 0 Å². The third-order valence-corrected chi connectivity index (χ3v) is 10.6. The highest BCUT2D eigenvalue weighted by Gasteiger charge is 2.37. The Morgan fingerprint density at radius 3 is 1.05 bits per heavy atom. The van der Waals surface area contributed by atoms with E-state index < -0.39 is 78.2 Å². The summed E-state index contributed by atoms with van der Waals surface area (Å²) in [6, 6.07) is 12.6. The van der Waals surface area contributed by atoms with E-state index in [4.69, 9.17) is 9.47 Å². The van der Waals surface area contributed by atoms with E-state index in [0.29, 0.717) is 25.7 Å². The van der Waals surface area contributed by atoms with E-state index in [1.54, 1.807) is 55.4 Å². The Hall–Kier alpha value is -5.18. The second-order valence-corrected chi connectivity index (χ2v) is 17.3. The Balaban J connectivity index is 2.21. The summed E-state index contributed by atoms with van der Waals surface area (Å²) in [5, 5.41) is 28.8. The number of alkyl carbamates (subject to hydrolysis) is 2. The summed E-state index contributed by atoms with van der Waals surface area (Å²) in [5.74, 6) is -3.61. The van der Waals surface area contributed by atoms with Crippen LogP contribution in [0.4, 0.5) is 9.59 Å². The van der Waals surface area contributed by atoms with E-state index >= 15 is 0 Å². The molecule has 0 aromatic heterocycles.